The van der Waals surface area contributed by atoms with E-state index in [0.29, 0.717) is 19.3 Å². The fourth-order valence-corrected chi connectivity index (χ4v) is 7.15. The minimum absolute atomic E-state index is 0.0814. The molecule has 6 nitrogen and oxygen atoms in total. The van der Waals surface area contributed by atoms with Gasteiger partial charge in [0.25, 0.3) is 0 Å². The Morgan fingerprint density at radius 2 is 0.600 bits per heavy atom. The van der Waals surface area contributed by atoms with Gasteiger partial charge in [0.15, 0.2) is 6.10 Å². The predicted octanol–water partition coefficient (Wildman–Crippen LogP) is 16.7. The van der Waals surface area contributed by atoms with E-state index in [0.717, 1.165) is 103 Å². The van der Waals surface area contributed by atoms with Crippen molar-refractivity contribution in [2.45, 2.75) is 264 Å². The lowest BCUT2D eigenvalue weighted by atomic mass is 10.0. The van der Waals surface area contributed by atoms with Crippen molar-refractivity contribution >= 4 is 17.9 Å². The Kier molecular flexibility index (Phi) is 46.9. The Morgan fingerprint density at radius 3 is 0.950 bits per heavy atom. The SMILES string of the molecule is CCCCCC=CCC=CCCCCCCCC(=O)OC[C@@H](COC(=O)CCCCCCCCCCCCCC)OC(=O)CCCCCCCC=CCC=CCCCCC. The van der Waals surface area contributed by atoms with E-state index in [4.69, 9.17) is 14.2 Å². The van der Waals surface area contributed by atoms with Crippen LogP contribution in [0.5, 0.6) is 0 Å². The van der Waals surface area contributed by atoms with Crippen molar-refractivity contribution in [1.29, 1.82) is 0 Å². The number of hydrogen-bond acceptors (Lipinski definition) is 6. The fourth-order valence-electron chi connectivity index (χ4n) is 7.15. The van der Waals surface area contributed by atoms with Gasteiger partial charge >= 0.3 is 17.9 Å². The lowest BCUT2D eigenvalue weighted by Gasteiger charge is -2.18. The number of carbonyl (C=O) groups is 3. The molecule has 0 fully saturated rings. The van der Waals surface area contributed by atoms with Crippen LogP contribution in [0, 0.1) is 0 Å². The smallest absolute Gasteiger partial charge is 0.306 e. The average molecular weight is 841 g/mol. The van der Waals surface area contributed by atoms with E-state index in [9.17, 15) is 14.4 Å². The molecular formula is C54H96O6. The van der Waals surface area contributed by atoms with Crippen LogP contribution in [0.25, 0.3) is 0 Å². The molecule has 0 radical (unpaired) electrons. The average Bonchev–Trinajstić information content (AvgIpc) is 3.24. The Bertz CT molecular complexity index is 1060. The second kappa shape index (κ2) is 49.0. The molecule has 0 aliphatic rings. The Hall–Kier alpha value is -2.63. The first kappa shape index (κ1) is 57.4. The van der Waals surface area contributed by atoms with Crippen LogP contribution in [-0.2, 0) is 28.6 Å². The summed E-state index contributed by atoms with van der Waals surface area (Å²) in [5.74, 6) is -0.904. The zero-order valence-corrected chi connectivity index (χ0v) is 39.7. The van der Waals surface area contributed by atoms with Gasteiger partial charge in [-0.25, -0.2) is 0 Å². The molecule has 0 aliphatic heterocycles. The fraction of sp³-hybridized carbons (Fsp3) is 0.796. The Balaban J connectivity index is 4.41. The van der Waals surface area contributed by atoms with E-state index in [1.807, 2.05) is 0 Å². The predicted molar refractivity (Wildman–Crippen MR) is 256 cm³/mol. The molecule has 0 unspecified atom stereocenters. The van der Waals surface area contributed by atoms with Crippen LogP contribution in [0.2, 0.25) is 0 Å². The quantitative estimate of drug-likeness (QED) is 0.0263. The summed E-state index contributed by atoms with van der Waals surface area (Å²) in [6.45, 7) is 6.57. The van der Waals surface area contributed by atoms with Crippen LogP contribution >= 0.6 is 0 Å². The highest BCUT2D eigenvalue weighted by atomic mass is 16.6. The molecule has 0 heterocycles. The molecule has 0 N–H and O–H groups in total. The minimum Gasteiger partial charge on any atom is -0.462 e. The highest BCUT2D eigenvalue weighted by Crippen LogP contribution is 2.15. The molecule has 0 aromatic rings. The first-order valence-electron chi connectivity index (χ1n) is 25.6. The zero-order chi connectivity index (χ0) is 43.7. The van der Waals surface area contributed by atoms with Crippen LogP contribution < -0.4 is 0 Å². The molecule has 0 aromatic carbocycles. The van der Waals surface area contributed by atoms with Gasteiger partial charge in [-0.3, -0.25) is 14.4 Å². The summed E-state index contributed by atoms with van der Waals surface area (Å²) in [5.41, 5.74) is 0. The number of allylic oxidation sites excluding steroid dienone is 8. The van der Waals surface area contributed by atoms with Crippen LogP contribution in [-0.4, -0.2) is 37.2 Å². The molecule has 0 rings (SSSR count). The molecule has 0 spiro atoms. The largest absolute Gasteiger partial charge is 0.462 e. The molecule has 0 amide bonds. The molecule has 0 saturated carbocycles. The van der Waals surface area contributed by atoms with Crippen LogP contribution in [0.15, 0.2) is 48.6 Å². The van der Waals surface area contributed by atoms with Crippen molar-refractivity contribution < 1.29 is 28.6 Å². The lowest BCUT2D eigenvalue weighted by molar-refractivity contribution is -0.167. The minimum atomic E-state index is -0.782. The topological polar surface area (TPSA) is 78.9 Å². The lowest BCUT2D eigenvalue weighted by Crippen LogP contribution is -2.30. The molecule has 0 bridgehead atoms. The van der Waals surface area contributed by atoms with Crippen LogP contribution in [0.1, 0.15) is 258 Å². The summed E-state index contributed by atoms with van der Waals surface area (Å²) in [6.07, 6.45) is 58.0. The Labute approximate surface area is 371 Å². The van der Waals surface area contributed by atoms with Gasteiger partial charge in [-0.2, -0.15) is 0 Å². The third kappa shape index (κ3) is 46.4. The number of rotatable bonds is 46. The second-order valence-electron chi connectivity index (χ2n) is 17.1. The third-order valence-electron chi connectivity index (χ3n) is 11.1. The van der Waals surface area contributed by atoms with E-state index in [-0.39, 0.29) is 31.1 Å². The van der Waals surface area contributed by atoms with Gasteiger partial charge in [-0.1, -0.05) is 204 Å². The molecule has 6 heteroatoms. The summed E-state index contributed by atoms with van der Waals surface area (Å²) in [5, 5.41) is 0. The first-order chi connectivity index (χ1) is 29.5. The van der Waals surface area contributed by atoms with E-state index in [1.54, 1.807) is 0 Å². The normalized spacial score (nSPS) is 12.4. The van der Waals surface area contributed by atoms with Crippen molar-refractivity contribution in [3.8, 4) is 0 Å². The van der Waals surface area contributed by atoms with E-state index in [1.165, 1.54) is 116 Å². The summed E-state index contributed by atoms with van der Waals surface area (Å²) in [4.78, 5) is 37.9. The van der Waals surface area contributed by atoms with Crippen molar-refractivity contribution in [2.75, 3.05) is 13.2 Å². The van der Waals surface area contributed by atoms with E-state index in [2.05, 4.69) is 69.4 Å². The second-order valence-corrected chi connectivity index (χ2v) is 17.1. The van der Waals surface area contributed by atoms with E-state index >= 15 is 0 Å². The van der Waals surface area contributed by atoms with Crippen molar-refractivity contribution in [3.05, 3.63) is 48.6 Å². The van der Waals surface area contributed by atoms with Gasteiger partial charge in [-0.15, -0.1) is 0 Å². The number of unbranched alkanes of at least 4 members (excludes halogenated alkanes) is 27. The Morgan fingerprint density at radius 1 is 0.333 bits per heavy atom. The van der Waals surface area contributed by atoms with Gasteiger partial charge in [-0.05, 0) is 83.5 Å². The summed E-state index contributed by atoms with van der Waals surface area (Å²) >= 11 is 0. The molecule has 0 aromatic heterocycles. The van der Waals surface area contributed by atoms with Crippen LogP contribution in [0.4, 0.5) is 0 Å². The van der Waals surface area contributed by atoms with Gasteiger partial charge < -0.3 is 14.2 Å². The molecule has 348 valence electrons. The number of hydrogen-bond donors (Lipinski definition) is 0. The maximum Gasteiger partial charge on any atom is 0.306 e. The van der Waals surface area contributed by atoms with Crippen molar-refractivity contribution in [2.24, 2.45) is 0 Å². The summed E-state index contributed by atoms with van der Waals surface area (Å²) < 4.78 is 16.8. The molecule has 0 aliphatic carbocycles. The van der Waals surface area contributed by atoms with E-state index < -0.39 is 6.10 Å². The highest BCUT2D eigenvalue weighted by molar-refractivity contribution is 5.71. The van der Waals surface area contributed by atoms with Crippen molar-refractivity contribution in [3.63, 3.8) is 0 Å². The van der Waals surface area contributed by atoms with Gasteiger partial charge in [0, 0.05) is 19.3 Å². The molecular weight excluding hydrogens is 745 g/mol. The van der Waals surface area contributed by atoms with Gasteiger partial charge in [0.2, 0.25) is 0 Å². The number of esters is 3. The summed E-state index contributed by atoms with van der Waals surface area (Å²) in [6, 6.07) is 0. The number of carbonyl (C=O) groups excluding carboxylic acids is 3. The monoisotopic (exact) mass is 841 g/mol. The molecule has 0 saturated heterocycles. The maximum absolute atomic E-state index is 12.8. The van der Waals surface area contributed by atoms with Crippen LogP contribution in [0.3, 0.4) is 0 Å². The maximum atomic E-state index is 12.8. The molecule has 60 heavy (non-hydrogen) atoms. The third-order valence-corrected chi connectivity index (χ3v) is 11.1. The van der Waals surface area contributed by atoms with Gasteiger partial charge in [0.05, 0.1) is 0 Å². The standard InChI is InChI=1S/C54H96O6/c1-4-7-10-13-16-19-22-25-27-29-32-35-38-41-44-47-53(56)59-50-51(49-58-52(55)46-43-40-37-34-31-24-21-18-15-12-9-6-3)60-54(57)48-45-42-39-36-33-30-28-26-23-20-17-14-11-8-5-2/h16-17,19-20,25-28,51H,4-15,18,21-24,29-50H2,1-3H3/t51-/m1/s1. The highest BCUT2D eigenvalue weighted by Gasteiger charge is 2.19. The first-order valence-corrected chi connectivity index (χ1v) is 25.6. The summed E-state index contributed by atoms with van der Waals surface area (Å²) in [7, 11) is 0. The number of ether oxygens (including phenoxy) is 3. The molecule has 1 atom stereocenters. The zero-order valence-electron chi connectivity index (χ0n) is 39.7. The van der Waals surface area contributed by atoms with Gasteiger partial charge in [0.1, 0.15) is 13.2 Å². The van der Waals surface area contributed by atoms with Crippen molar-refractivity contribution in [1.82, 2.24) is 0 Å².